The summed E-state index contributed by atoms with van der Waals surface area (Å²) in [6.07, 6.45) is 0. The van der Waals surface area contributed by atoms with Gasteiger partial charge in [-0.3, -0.25) is 4.79 Å². The third-order valence-electron chi connectivity index (χ3n) is 4.20. The summed E-state index contributed by atoms with van der Waals surface area (Å²) < 4.78 is 0. The predicted octanol–water partition coefficient (Wildman–Crippen LogP) is 6.05. The van der Waals surface area contributed by atoms with E-state index in [0.29, 0.717) is 11.2 Å². The Morgan fingerprint density at radius 3 is 2.23 bits per heavy atom. The summed E-state index contributed by atoms with van der Waals surface area (Å²) in [6.45, 7) is 0. The highest BCUT2D eigenvalue weighted by Gasteiger charge is 2.38. The van der Waals surface area contributed by atoms with Crippen LogP contribution in [-0.2, 0) is 0 Å². The number of pyridine rings is 1. The number of carbonyl (C=O) groups is 1. The number of nitrogens with two attached hydrogens (primary N) is 1. The number of anilines is 1. The van der Waals surface area contributed by atoms with Crippen LogP contribution in [0.3, 0.4) is 0 Å². The molecule has 4 nitrogen and oxygen atoms in total. The van der Waals surface area contributed by atoms with E-state index in [2.05, 4.69) is 4.98 Å². The van der Waals surface area contributed by atoms with Gasteiger partial charge < -0.3 is 10.8 Å². The van der Waals surface area contributed by atoms with Crippen molar-refractivity contribution in [2.75, 3.05) is 5.73 Å². The number of nitrogens with zero attached hydrogens (tertiary/aromatic N) is 1. The van der Waals surface area contributed by atoms with Gasteiger partial charge in [-0.1, -0.05) is 64.6 Å². The lowest BCUT2D eigenvalue weighted by Gasteiger charge is -2.09. The van der Waals surface area contributed by atoms with Crippen LogP contribution in [-0.4, -0.2) is 15.9 Å². The van der Waals surface area contributed by atoms with Crippen LogP contribution in [0.5, 0.6) is 0 Å². The summed E-state index contributed by atoms with van der Waals surface area (Å²) in [4.78, 5) is 17.4. The minimum Gasteiger partial charge on any atom is -0.506 e. The average molecular weight is 426 g/mol. The summed E-state index contributed by atoms with van der Waals surface area (Å²) in [5, 5.41) is 11.3. The predicted molar refractivity (Wildman–Crippen MR) is 106 cm³/mol. The van der Waals surface area contributed by atoms with Gasteiger partial charge >= 0.3 is 0 Å². The van der Waals surface area contributed by atoms with Crippen molar-refractivity contribution in [3.05, 3.63) is 67.2 Å². The second-order valence-corrected chi connectivity index (χ2v) is 7.19. The quantitative estimate of drug-likeness (QED) is 0.282. The molecule has 0 unspecified atom stereocenters. The fraction of sp³-hybridized carbons (Fsp3) is 0. The van der Waals surface area contributed by atoms with E-state index in [9.17, 15) is 9.90 Å². The molecule has 1 heterocycles. The normalized spacial score (nSPS) is 13.6. The number of allylic oxidation sites excluding steroid dienone is 1. The number of aromatic nitrogens is 1. The van der Waals surface area contributed by atoms with Crippen molar-refractivity contribution >= 4 is 80.1 Å². The molecule has 0 aliphatic heterocycles. The molecule has 0 radical (unpaired) electrons. The molecule has 3 N–H and O–H groups in total. The number of aliphatic hydroxyl groups excluding tert-OH is 1. The van der Waals surface area contributed by atoms with Crippen LogP contribution < -0.4 is 5.73 Å². The van der Waals surface area contributed by atoms with Gasteiger partial charge in [-0.2, -0.15) is 0 Å². The SMILES string of the molecule is Nc1cccc2ccc(C3=C(O)c4c(Cl)c(Cl)c(Cl)c(Cl)c4C3=O)nc12. The second-order valence-electron chi connectivity index (χ2n) is 5.67. The summed E-state index contributed by atoms with van der Waals surface area (Å²) in [5.41, 5.74) is 7.19. The zero-order chi connectivity index (χ0) is 18.7. The number of hydrogen-bond donors (Lipinski definition) is 2. The molecule has 8 heteroatoms. The highest BCUT2D eigenvalue weighted by molar-refractivity contribution is 6.56. The van der Waals surface area contributed by atoms with E-state index in [1.54, 1.807) is 24.3 Å². The molecular formula is C18H8Cl4N2O2. The molecule has 0 bridgehead atoms. The maximum atomic E-state index is 12.9. The fourth-order valence-corrected chi connectivity index (χ4v) is 4.00. The second kappa shape index (κ2) is 6.03. The van der Waals surface area contributed by atoms with Crippen molar-refractivity contribution in [1.29, 1.82) is 0 Å². The van der Waals surface area contributed by atoms with Gasteiger partial charge in [0.1, 0.15) is 5.76 Å². The first-order chi connectivity index (χ1) is 12.3. The van der Waals surface area contributed by atoms with E-state index in [1.165, 1.54) is 0 Å². The largest absolute Gasteiger partial charge is 0.506 e. The molecule has 0 atom stereocenters. The standard InChI is InChI=1S/C18H8Cl4N2O2/c19-12-10-11(13(20)15(22)14(12)21)18(26)9(17(10)25)8-5-4-6-2-1-3-7(23)16(6)24-8/h1-5,25H,23H2. The molecule has 1 aromatic heterocycles. The molecule has 1 aliphatic rings. The Kier molecular flexibility index (Phi) is 4.04. The number of halogens is 4. The highest BCUT2D eigenvalue weighted by Crippen LogP contribution is 2.49. The number of aliphatic hydroxyl groups is 1. The Balaban J connectivity index is 2.00. The molecule has 3 aromatic rings. The smallest absolute Gasteiger partial charge is 0.201 e. The van der Waals surface area contributed by atoms with Gasteiger partial charge in [-0.05, 0) is 12.1 Å². The minimum absolute atomic E-state index is 0.00139. The lowest BCUT2D eigenvalue weighted by molar-refractivity contribution is 0.105. The monoisotopic (exact) mass is 424 g/mol. The first-order valence-electron chi connectivity index (χ1n) is 7.32. The van der Waals surface area contributed by atoms with Crippen LogP contribution in [0.25, 0.3) is 22.2 Å². The van der Waals surface area contributed by atoms with Gasteiger partial charge in [0.25, 0.3) is 0 Å². The maximum Gasteiger partial charge on any atom is 0.201 e. The lowest BCUT2D eigenvalue weighted by atomic mass is 10.0. The van der Waals surface area contributed by atoms with E-state index in [-0.39, 0.29) is 48.2 Å². The van der Waals surface area contributed by atoms with Crippen LogP contribution in [0.4, 0.5) is 5.69 Å². The van der Waals surface area contributed by atoms with Crippen LogP contribution in [0.2, 0.25) is 20.1 Å². The Bertz CT molecular complexity index is 1170. The number of rotatable bonds is 1. The number of fused-ring (bicyclic) bond motifs is 2. The molecule has 4 rings (SSSR count). The number of hydrogen-bond acceptors (Lipinski definition) is 4. The van der Waals surface area contributed by atoms with Crippen LogP contribution in [0.1, 0.15) is 21.6 Å². The molecular weight excluding hydrogens is 418 g/mol. The molecule has 0 saturated carbocycles. The topological polar surface area (TPSA) is 76.2 Å². The summed E-state index contributed by atoms with van der Waals surface area (Å²) >= 11 is 24.4. The third kappa shape index (κ3) is 2.30. The van der Waals surface area contributed by atoms with Gasteiger partial charge in [0, 0.05) is 5.39 Å². The van der Waals surface area contributed by atoms with Crippen molar-refractivity contribution in [1.82, 2.24) is 4.98 Å². The van der Waals surface area contributed by atoms with E-state index in [0.717, 1.165) is 5.39 Å². The lowest BCUT2D eigenvalue weighted by Crippen LogP contribution is -2.02. The average Bonchev–Trinajstić information content (AvgIpc) is 2.89. The fourth-order valence-electron chi connectivity index (χ4n) is 2.97. The molecule has 0 fully saturated rings. The number of carbonyl (C=O) groups excluding carboxylic acids is 1. The van der Waals surface area contributed by atoms with Crippen molar-refractivity contribution in [3.63, 3.8) is 0 Å². The number of nitrogen functional groups attached to an aromatic ring is 1. The third-order valence-corrected chi connectivity index (χ3v) is 6.00. The highest BCUT2D eigenvalue weighted by atomic mass is 35.5. The van der Waals surface area contributed by atoms with Gasteiger partial charge in [-0.15, -0.1) is 0 Å². The van der Waals surface area contributed by atoms with Gasteiger partial charge in [0.05, 0.1) is 53.7 Å². The van der Waals surface area contributed by atoms with Crippen molar-refractivity contribution in [3.8, 4) is 0 Å². The number of benzene rings is 2. The molecule has 0 saturated heterocycles. The maximum absolute atomic E-state index is 12.9. The number of ketones is 1. The van der Waals surface area contributed by atoms with Crippen molar-refractivity contribution in [2.24, 2.45) is 0 Å². The summed E-state index contributed by atoms with van der Waals surface area (Å²) in [7, 11) is 0. The number of Topliss-reactive ketones (excluding diaryl/α,β-unsaturated/α-hetero) is 1. The van der Waals surface area contributed by atoms with Crippen LogP contribution in [0, 0.1) is 0 Å². The first kappa shape index (κ1) is 17.4. The Morgan fingerprint density at radius 2 is 1.54 bits per heavy atom. The van der Waals surface area contributed by atoms with E-state index >= 15 is 0 Å². The van der Waals surface area contributed by atoms with Gasteiger partial charge in [-0.25, -0.2) is 4.98 Å². The zero-order valence-corrected chi connectivity index (χ0v) is 15.8. The first-order valence-corrected chi connectivity index (χ1v) is 8.84. The molecule has 2 aromatic carbocycles. The van der Waals surface area contributed by atoms with E-state index in [4.69, 9.17) is 52.1 Å². The Labute approximate surface area is 167 Å². The molecule has 0 spiro atoms. The van der Waals surface area contributed by atoms with Gasteiger partial charge in [0.2, 0.25) is 5.78 Å². The minimum atomic E-state index is -0.538. The van der Waals surface area contributed by atoms with Crippen molar-refractivity contribution in [2.45, 2.75) is 0 Å². The van der Waals surface area contributed by atoms with Gasteiger partial charge in [0.15, 0.2) is 0 Å². The molecule has 130 valence electrons. The summed E-state index contributed by atoms with van der Waals surface area (Å²) in [5.74, 6) is -0.888. The Morgan fingerprint density at radius 1 is 0.885 bits per heavy atom. The Hall–Kier alpha value is -1.98. The zero-order valence-electron chi connectivity index (χ0n) is 12.8. The molecule has 0 amide bonds. The summed E-state index contributed by atoms with van der Waals surface area (Å²) in [6, 6.07) is 8.72. The van der Waals surface area contributed by atoms with Crippen molar-refractivity contribution < 1.29 is 9.90 Å². The van der Waals surface area contributed by atoms with E-state index < -0.39 is 5.78 Å². The molecule has 26 heavy (non-hydrogen) atoms. The number of para-hydroxylation sites is 1. The van der Waals surface area contributed by atoms with Crippen LogP contribution in [0.15, 0.2) is 30.3 Å². The molecule has 1 aliphatic carbocycles. The van der Waals surface area contributed by atoms with Crippen LogP contribution >= 0.6 is 46.4 Å². The van der Waals surface area contributed by atoms with E-state index in [1.807, 2.05) is 6.07 Å².